The van der Waals surface area contributed by atoms with Crippen molar-refractivity contribution < 1.29 is 19.1 Å². The maximum Gasteiger partial charge on any atom is 0.338 e. The number of thioether (sulfide) groups is 1. The van der Waals surface area contributed by atoms with Gasteiger partial charge in [-0.2, -0.15) is 0 Å². The second kappa shape index (κ2) is 8.74. The van der Waals surface area contributed by atoms with Crippen molar-refractivity contribution in [2.24, 2.45) is 0 Å². The molecule has 1 aromatic heterocycles. The van der Waals surface area contributed by atoms with Crippen LogP contribution in [0.15, 0.2) is 28.6 Å². The van der Waals surface area contributed by atoms with E-state index in [2.05, 4.69) is 10.4 Å². The molecule has 0 spiro atoms. The van der Waals surface area contributed by atoms with Gasteiger partial charge in [0, 0.05) is 7.05 Å². The molecule has 2 aromatic rings. The lowest BCUT2D eigenvalue weighted by Crippen LogP contribution is -2.39. The highest BCUT2D eigenvalue weighted by Crippen LogP contribution is 2.22. The Hall–Kier alpha value is -2.24. The minimum atomic E-state index is -0.720. The van der Waals surface area contributed by atoms with E-state index in [9.17, 15) is 14.4 Å². The van der Waals surface area contributed by atoms with Gasteiger partial charge >= 0.3 is 12.0 Å². The average Bonchev–Trinajstić information content (AvgIpc) is 3.00. The number of urea groups is 1. The monoisotopic (exact) mass is 398 g/mol. The first kappa shape index (κ1) is 19.1. The number of aromatic nitrogens is 2. The molecule has 0 unspecified atom stereocenters. The van der Waals surface area contributed by atoms with Crippen molar-refractivity contribution in [3.05, 3.63) is 33.8 Å². The number of esters is 1. The molecule has 0 atom stereocenters. The molecule has 0 aliphatic rings. The van der Waals surface area contributed by atoms with Gasteiger partial charge in [0.1, 0.15) is 0 Å². The fourth-order valence-electron chi connectivity index (χ4n) is 1.68. The van der Waals surface area contributed by atoms with Crippen molar-refractivity contribution in [3.63, 3.8) is 0 Å². The third-order valence-corrected chi connectivity index (χ3v) is 5.07. The fraction of sp³-hybridized carbons (Fsp3) is 0.214. The van der Waals surface area contributed by atoms with Crippen LogP contribution in [-0.2, 0) is 9.53 Å². The smallest absolute Gasteiger partial charge is 0.338 e. The number of hydrogen-bond acceptors (Lipinski definition) is 8. The van der Waals surface area contributed by atoms with Crippen LogP contribution >= 0.6 is 35.3 Å². The lowest BCUT2D eigenvalue weighted by atomic mass is 10.2. The fourth-order valence-corrected chi connectivity index (χ4v) is 3.46. The van der Waals surface area contributed by atoms with E-state index in [4.69, 9.17) is 17.0 Å². The van der Waals surface area contributed by atoms with Gasteiger partial charge in [0.05, 0.1) is 11.3 Å². The highest BCUT2D eigenvalue weighted by molar-refractivity contribution is 8.00. The molecule has 0 fully saturated rings. The largest absolute Gasteiger partial charge is 0.452 e. The van der Waals surface area contributed by atoms with Crippen LogP contribution in [0.5, 0.6) is 0 Å². The zero-order valence-corrected chi connectivity index (χ0v) is 15.7. The van der Waals surface area contributed by atoms with Crippen LogP contribution in [0.4, 0.5) is 4.79 Å². The summed E-state index contributed by atoms with van der Waals surface area (Å²) in [5, 5.41) is 8.56. The lowest BCUT2D eigenvalue weighted by Gasteiger charge is -2.06. The number of rotatable bonds is 5. The van der Waals surface area contributed by atoms with Crippen LogP contribution in [0.3, 0.4) is 0 Å². The number of carbonyl (C=O) groups excluding carboxylic acids is 3. The van der Waals surface area contributed by atoms with E-state index in [1.54, 1.807) is 28.9 Å². The van der Waals surface area contributed by atoms with Gasteiger partial charge in [-0.25, -0.2) is 14.3 Å². The minimum Gasteiger partial charge on any atom is -0.452 e. The highest BCUT2D eigenvalue weighted by atomic mass is 32.2. The van der Waals surface area contributed by atoms with Gasteiger partial charge in [0.15, 0.2) is 14.9 Å². The summed E-state index contributed by atoms with van der Waals surface area (Å²) >= 11 is 8.16. The van der Waals surface area contributed by atoms with Gasteiger partial charge in [0.25, 0.3) is 5.91 Å². The van der Waals surface area contributed by atoms with Crippen LogP contribution in [0.1, 0.15) is 10.4 Å². The number of carbonyl (C=O) groups is 3. The van der Waals surface area contributed by atoms with E-state index in [1.807, 2.05) is 11.6 Å². The molecule has 0 saturated heterocycles. The molecule has 0 saturated carbocycles. The van der Waals surface area contributed by atoms with Crippen molar-refractivity contribution in [1.82, 2.24) is 20.4 Å². The van der Waals surface area contributed by atoms with E-state index in [0.717, 1.165) is 10.0 Å². The minimum absolute atomic E-state index is 0.267. The molecule has 2 N–H and O–H groups in total. The zero-order valence-electron chi connectivity index (χ0n) is 13.3. The molecule has 11 heteroatoms. The molecule has 0 aliphatic carbocycles. The van der Waals surface area contributed by atoms with Crippen LogP contribution in [0.25, 0.3) is 5.69 Å². The molecule has 8 nitrogen and oxygen atoms in total. The van der Waals surface area contributed by atoms with Crippen LogP contribution < -0.4 is 10.6 Å². The summed E-state index contributed by atoms with van der Waals surface area (Å²) in [4.78, 5) is 34.3. The first-order valence-electron chi connectivity index (χ1n) is 6.88. The predicted octanol–water partition coefficient (Wildman–Crippen LogP) is 2.00. The van der Waals surface area contributed by atoms with Crippen molar-refractivity contribution in [2.75, 3.05) is 19.9 Å². The number of nitrogens with zero attached hydrogens (tertiary/aromatic N) is 2. The Morgan fingerprint density at radius 1 is 1.32 bits per heavy atom. The van der Waals surface area contributed by atoms with Crippen LogP contribution in [0.2, 0.25) is 0 Å². The lowest BCUT2D eigenvalue weighted by molar-refractivity contribution is -0.123. The maximum atomic E-state index is 11.9. The summed E-state index contributed by atoms with van der Waals surface area (Å²) in [6, 6.07) is 5.79. The molecule has 2 rings (SSSR count). The van der Waals surface area contributed by atoms with E-state index in [-0.39, 0.29) is 5.56 Å². The van der Waals surface area contributed by atoms with Gasteiger partial charge in [0.2, 0.25) is 0 Å². The van der Waals surface area contributed by atoms with Gasteiger partial charge in [-0.15, -0.1) is 5.10 Å². The van der Waals surface area contributed by atoms with Crippen molar-refractivity contribution in [3.8, 4) is 5.69 Å². The number of nitrogens with one attached hydrogen (secondary N) is 2. The Morgan fingerprint density at radius 2 is 2.00 bits per heavy atom. The molecule has 0 aliphatic heterocycles. The van der Waals surface area contributed by atoms with Gasteiger partial charge < -0.3 is 10.1 Å². The number of hydrogen-bond donors (Lipinski definition) is 2. The normalized spacial score (nSPS) is 10.2. The Balaban J connectivity index is 2.00. The Labute approximate surface area is 156 Å². The quantitative estimate of drug-likeness (QED) is 0.451. The number of ether oxygens (including phenoxy) is 1. The summed E-state index contributed by atoms with van der Waals surface area (Å²) in [5.41, 5.74) is 0.985. The summed E-state index contributed by atoms with van der Waals surface area (Å²) in [7, 11) is 1.37. The van der Waals surface area contributed by atoms with Gasteiger partial charge in [-0.1, -0.05) is 23.1 Å². The molecule has 0 radical (unpaired) electrons. The summed E-state index contributed by atoms with van der Waals surface area (Å²) in [5.74, 6) is -1.40. The topological polar surface area (TPSA) is 102 Å². The zero-order chi connectivity index (χ0) is 18.4. The van der Waals surface area contributed by atoms with Crippen molar-refractivity contribution in [2.45, 2.75) is 4.34 Å². The highest BCUT2D eigenvalue weighted by Gasteiger charge is 2.12. The first-order chi connectivity index (χ1) is 11.9. The van der Waals surface area contributed by atoms with Gasteiger partial charge in [-0.3, -0.25) is 10.1 Å². The summed E-state index contributed by atoms with van der Waals surface area (Å²) < 4.78 is 7.91. The van der Waals surface area contributed by atoms with Crippen LogP contribution in [-0.4, -0.2) is 47.6 Å². The summed E-state index contributed by atoms with van der Waals surface area (Å²) in [6.07, 6.45) is 1.91. The standard InChI is InChI=1S/C14H14N4O4S3/c1-15-12(21)16-10(19)7-22-11(20)8-3-5-9(6-4-8)18-14(23)25-13(17-18)24-2/h3-6H,7H2,1-2H3,(H2,15,16,19,21). The van der Waals surface area contributed by atoms with E-state index in [1.165, 1.54) is 30.1 Å². The molecule has 0 bridgehead atoms. The third kappa shape index (κ3) is 5.11. The Morgan fingerprint density at radius 3 is 2.56 bits per heavy atom. The number of imide groups is 1. The molecule has 25 heavy (non-hydrogen) atoms. The number of amides is 3. The first-order valence-corrected chi connectivity index (χ1v) is 9.33. The second-order valence-corrected chi connectivity index (χ2v) is 7.18. The summed E-state index contributed by atoms with van der Waals surface area (Å²) in [6.45, 7) is -0.553. The predicted molar refractivity (Wildman–Crippen MR) is 96.9 cm³/mol. The van der Waals surface area contributed by atoms with E-state index < -0.39 is 24.5 Å². The van der Waals surface area contributed by atoms with E-state index >= 15 is 0 Å². The second-order valence-electron chi connectivity index (χ2n) is 4.50. The third-order valence-electron chi connectivity index (χ3n) is 2.87. The molecule has 3 amide bonds. The van der Waals surface area contributed by atoms with E-state index in [0.29, 0.717) is 3.95 Å². The SMILES string of the molecule is CNC(=O)NC(=O)COC(=O)c1ccc(-n2nc(SC)sc2=S)cc1. The average molecular weight is 398 g/mol. The van der Waals surface area contributed by atoms with Gasteiger partial charge in [-0.05, 0) is 42.7 Å². The van der Waals surface area contributed by atoms with Crippen molar-refractivity contribution in [1.29, 1.82) is 0 Å². The molecule has 132 valence electrons. The molecule has 1 heterocycles. The Bertz CT molecular complexity index is 845. The number of benzene rings is 1. The van der Waals surface area contributed by atoms with Crippen LogP contribution in [0, 0.1) is 3.95 Å². The maximum absolute atomic E-state index is 11.9. The van der Waals surface area contributed by atoms with Crippen molar-refractivity contribution >= 4 is 53.2 Å². The molecular weight excluding hydrogens is 384 g/mol. The molecular formula is C14H14N4O4S3. The molecule has 1 aromatic carbocycles. The Kier molecular flexibility index (Phi) is 6.67.